The maximum Gasteiger partial charge on any atom is 0.255 e. The van der Waals surface area contributed by atoms with Gasteiger partial charge in [0.1, 0.15) is 6.10 Å². The second kappa shape index (κ2) is 5.34. The Labute approximate surface area is 106 Å². The molecule has 0 radical (unpaired) electrons. The number of rotatable bonds is 3. The maximum atomic E-state index is 5.74. The predicted octanol–water partition coefficient (Wildman–Crippen LogP) is 1.14. The average Bonchev–Trinajstić information content (AvgIpc) is 3.08. The summed E-state index contributed by atoms with van der Waals surface area (Å²) in [5, 5.41) is 4.06. The molecule has 2 saturated heterocycles. The molecular formula is C12H19N3O3. The molecule has 6 nitrogen and oxygen atoms in total. The first kappa shape index (κ1) is 12.1. The second-order valence-electron chi connectivity index (χ2n) is 4.96. The Kier molecular flexibility index (Phi) is 3.58. The smallest absolute Gasteiger partial charge is 0.255 e. The average molecular weight is 253 g/mol. The van der Waals surface area contributed by atoms with Gasteiger partial charge in [0.2, 0.25) is 0 Å². The van der Waals surface area contributed by atoms with Crippen LogP contribution >= 0.6 is 0 Å². The standard InChI is InChI=1S/C12H19N3O3/c13-6-9-3-4-10(17-9)12-14-11(15-18-12)8-2-1-5-16-7-8/h8-10H,1-7,13H2. The lowest BCUT2D eigenvalue weighted by Gasteiger charge is -2.18. The molecule has 18 heavy (non-hydrogen) atoms. The summed E-state index contributed by atoms with van der Waals surface area (Å²) >= 11 is 0. The van der Waals surface area contributed by atoms with Crippen LogP contribution in [0.1, 0.15) is 49.4 Å². The Morgan fingerprint density at radius 2 is 2.22 bits per heavy atom. The molecule has 1 aromatic heterocycles. The maximum absolute atomic E-state index is 5.74. The lowest BCUT2D eigenvalue weighted by atomic mass is 10.0. The zero-order chi connectivity index (χ0) is 12.4. The summed E-state index contributed by atoms with van der Waals surface area (Å²) < 4.78 is 16.5. The third-order valence-corrected chi connectivity index (χ3v) is 3.63. The van der Waals surface area contributed by atoms with Crippen molar-refractivity contribution in [3.63, 3.8) is 0 Å². The van der Waals surface area contributed by atoms with Crippen LogP contribution in [-0.2, 0) is 9.47 Å². The van der Waals surface area contributed by atoms with Crippen molar-refractivity contribution in [3.05, 3.63) is 11.7 Å². The molecule has 0 spiro atoms. The van der Waals surface area contributed by atoms with Crippen molar-refractivity contribution in [1.82, 2.24) is 10.1 Å². The summed E-state index contributed by atoms with van der Waals surface area (Å²) in [6, 6.07) is 0. The SMILES string of the molecule is NCC1CCC(c2nc(C3CCCOC3)no2)O1. The fourth-order valence-corrected chi connectivity index (χ4v) is 2.55. The first-order valence-electron chi connectivity index (χ1n) is 6.63. The van der Waals surface area contributed by atoms with Crippen molar-refractivity contribution in [2.45, 2.75) is 43.8 Å². The number of aromatic nitrogens is 2. The van der Waals surface area contributed by atoms with Crippen LogP contribution in [0.25, 0.3) is 0 Å². The van der Waals surface area contributed by atoms with Crippen LogP contribution in [0.5, 0.6) is 0 Å². The number of hydrogen-bond donors (Lipinski definition) is 1. The predicted molar refractivity (Wildman–Crippen MR) is 63.0 cm³/mol. The topological polar surface area (TPSA) is 83.4 Å². The van der Waals surface area contributed by atoms with Gasteiger partial charge >= 0.3 is 0 Å². The molecule has 0 amide bonds. The molecule has 0 saturated carbocycles. The van der Waals surface area contributed by atoms with Gasteiger partial charge in [0, 0.05) is 19.1 Å². The molecule has 3 unspecified atom stereocenters. The van der Waals surface area contributed by atoms with Crippen LogP contribution in [0.15, 0.2) is 4.52 Å². The van der Waals surface area contributed by atoms with Crippen LogP contribution in [0.3, 0.4) is 0 Å². The fraction of sp³-hybridized carbons (Fsp3) is 0.833. The van der Waals surface area contributed by atoms with Gasteiger partial charge in [-0.05, 0) is 25.7 Å². The minimum atomic E-state index is -0.0793. The summed E-state index contributed by atoms with van der Waals surface area (Å²) in [5.41, 5.74) is 5.59. The van der Waals surface area contributed by atoms with Crippen LogP contribution in [0.4, 0.5) is 0 Å². The van der Waals surface area contributed by atoms with Crippen molar-refractivity contribution in [3.8, 4) is 0 Å². The van der Waals surface area contributed by atoms with Crippen molar-refractivity contribution >= 4 is 0 Å². The van der Waals surface area contributed by atoms with Gasteiger partial charge in [-0.3, -0.25) is 0 Å². The van der Waals surface area contributed by atoms with E-state index in [0.29, 0.717) is 19.0 Å². The molecule has 3 rings (SSSR count). The van der Waals surface area contributed by atoms with Crippen molar-refractivity contribution in [2.75, 3.05) is 19.8 Å². The Morgan fingerprint density at radius 1 is 1.28 bits per heavy atom. The number of nitrogens with zero attached hydrogens (tertiary/aromatic N) is 2. The number of hydrogen-bond acceptors (Lipinski definition) is 6. The number of nitrogens with two attached hydrogens (primary N) is 1. The Hall–Kier alpha value is -0.980. The third-order valence-electron chi connectivity index (χ3n) is 3.63. The Morgan fingerprint density at radius 3 is 2.94 bits per heavy atom. The lowest BCUT2D eigenvalue weighted by molar-refractivity contribution is 0.0307. The zero-order valence-electron chi connectivity index (χ0n) is 10.4. The first-order valence-corrected chi connectivity index (χ1v) is 6.63. The molecule has 3 heterocycles. The van der Waals surface area contributed by atoms with Crippen LogP contribution < -0.4 is 5.73 Å². The summed E-state index contributed by atoms with van der Waals surface area (Å²) in [5.74, 6) is 1.61. The van der Waals surface area contributed by atoms with Gasteiger partial charge in [-0.25, -0.2) is 0 Å². The molecule has 6 heteroatoms. The van der Waals surface area contributed by atoms with E-state index < -0.39 is 0 Å². The molecule has 0 aliphatic carbocycles. The quantitative estimate of drug-likeness (QED) is 0.869. The summed E-state index contributed by atoms with van der Waals surface area (Å²) in [6.45, 7) is 2.08. The molecule has 0 bridgehead atoms. The van der Waals surface area contributed by atoms with Crippen molar-refractivity contribution < 1.29 is 14.0 Å². The molecule has 2 N–H and O–H groups in total. The first-order chi connectivity index (χ1) is 8.86. The van der Waals surface area contributed by atoms with Gasteiger partial charge in [0.05, 0.1) is 12.7 Å². The molecule has 2 fully saturated rings. The van der Waals surface area contributed by atoms with E-state index in [4.69, 9.17) is 19.7 Å². The van der Waals surface area contributed by atoms with Crippen LogP contribution in [0.2, 0.25) is 0 Å². The monoisotopic (exact) mass is 253 g/mol. The Bertz CT molecular complexity index is 390. The highest BCUT2D eigenvalue weighted by molar-refractivity contribution is 4.99. The molecule has 2 aliphatic heterocycles. The minimum Gasteiger partial charge on any atom is -0.381 e. The number of ether oxygens (including phenoxy) is 2. The van der Waals surface area contributed by atoms with E-state index in [1.807, 2.05) is 0 Å². The molecule has 100 valence electrons. The van der Waals surface area contributed by atoms with E-state index in [1.165, 1.54) is 0 Å². The normalized spacial score (nSPS) is 32.8. The highest BCUT2D eigenvalue weighted by Crippen LogP contribution is 2.32. The molecule has 0 aromatic carbocycles. The van der Waals surface area contributed by atoms with Crippen molar-refractivity contribution in [1.29, 1.82) is 0 Å². The van der Waals surface area contributed by atoms with E-state index in [1.54, 1.807) is 0 Å². The zero-order valence-corrected chi connectivity index (χ0v) is 10.4. The summed E-state index contributed by atoms with van der Waals surface area (Å²) in [7, 11) is 0. The van der Waals surface area contributed by atoms with E-state index >= 15 is 0 Å². The van der Waals surface area contributed by atoms with Gasteiger partial charge in [-0.15, -0.1) is 0 Å². The Balaban J connectivity index is 1.66. The molecule has 2 aliphatic rings. The third kappa shape index (κ3) is 2.41. The minimum absolute atomic E-state index is 0.0793. The summed E-state index contributed by atoms with van der Waals surface area (Å²) in [6.07, 6.45) is 4.04. The van der Waals surface area contributed by atoms with E-state index in [-0.39, 0.29) is 18.1 Å². The lowest BCUT2D eigenvalue weighted by Crippen LogP contribution is -2.19. The summed E-state index contributed by atoms with van der Waals surface area (Å²) in [4.78, 5) is 4.46. The molecule has 3 atom stereocenters. The van der Waals surface area contributed by atoms with Crippen LogP contribution in [-0.4, -0.2) is 36.0 Å². The fourth-order valence-electron chi connectivity index (χ4n) is 2.55. The van der Waals surface area contributed by atoms with Gasteiger partial charge in [0.25, 0.3) is 5.89 Å². The molecule has 1 aromatic rings. The molecular weight excluding hydrogens is 234 g/mol. The second-order valence-corrected chi connectivity index (χ2v) is 4.96. The van der Waals surface area contributed by atoms with Gasteiger partial charge in [-0.1, -0.05) is 5.16 Å². The van der Waals surface area contributed by atoms with E-state index in [2.05, 4.69) is 10.1 Å². The van der Waals surface area contributed by atoms with E-state index in [0.717, 1.165) is 38.1 Å². The van der Waals surface area contributed by atoms with Gasteiger partial charge in [0.15, 0.2) is 5.82 Å². The highest BCUT2D eigenvalue weighted by Gasteiger charge is 2.31. The largest absolute Gasteiger partial charge is 0.381 e. The van der Waals surface area contributed by atoms with Gasteiger partial charge in [-0.2, -0.15) is 4.98 Å². The highest BCUT2D eigenvalue weighted by atomic mass is 16.5. The van der Waals surface area contributed by atoms with E-state index in [9.17, 15) is 0 Å². The van der Waals surface area contributed by atoms with Crippen LogP contribution in [0, 0.1) is 0 Å². The van der Waals surface area contributed by atoms with Gasteiger partial charge < -0.3 is 19.7 Å². The van der Waals surface area contributed by atoms with Crippen molar-refractivity contribution in [2.24, 2.45) is 5.73 Å².